The van der Waals surface area contributed by atoms with Crippen LogP contribution in [0.1, 0.15) is 30.1 Å². The highest BCUT2D eigenvalue weighted by Gasteiger charge is 2.26. The third-order valence-corrected chi connectivity index (χ3v) is 2.67. The van der Waals surface area contributed by atoms with Gasteiger partial charge in [0.05, 0.1) is 12.2 Å². The van der Waals surface area contributed by atoms with Gasteiger partial charge in [0, 0.05) is 6.61 Å². The topological polar surface area (TPSA) is 35.5 Å². The predicted octanol–water partition coefficient (Wildman–Crippen LogP) is 2.45. The monoisotopic (exact) mass is 220 g/mol. The molecular formula is C13H16O3. The highest BCUT2D eigenvalue weighted by Crippen LogP contribution is 2.24. The van der Waals surface area contributed by atoms with Gasteiger partial charge in [0.25, 0.3) is 0 Å². The van der Waals surface area contributed by atoms with Crippen molar-refractivity contribution in [3.8, 4) is 5.75 Å². The van der Waals surface area contributed by atoms with Crippen LogP contribution in [0.25, 0.3) is 0 Å². The van der Waals surface area contributed by atoms with Crippen molar-refractivity contribution in [2.45, 2.75) is 25.9 Å². The van der Waals surface area contributed by atoms with Gasteiger partial charge in [0.2, 0.25) is 0 Å². The summed E-state index contributed by atoms with van der Waals surface area (Å²) in [7, 11) is 0. The van der Waals surface area contributed by atoms with Gasteiger partial charge in [-0.3, -0.25) is 4.79 Å². The van der Waals surface area contributed by atoms with E-state index < -0.39 is 0 Å². The van der Waals surface area contributed by atoms with Crippen molar-refractivity contribution in [2.24, 2.45) is 0 Å². The molecule has 1 aliphatic heterocycles. The lowest BCUT2D eigenvalue weighted by molar-refractivity contribution is 0.0639. The molecule has 1 aliphatic rings. The highest BCUT2D eigenvalue weighted by molar-refractivity contribution is 6.01. The standard InChI is InChI=1S/C13H16O3/c1-2-15-11-7-4-3-6-10(11)13(14)12-8-5-9-16-12/h3-4,6-7,12H,2,5,8-9H2,1H3. The molecule has 1 heterocycles. The van der Waals surface area contributed by atoms with Crippen LogP contribution in [0.3, 0.4) is 0 Å². The Balaban J connectivity index is 2.21. The second-order valence-corrected chi connectivity index (χ2v) is 3.80. The number of Topliss-reactive ketones (excluding diaryl/α,β-unsaturated/α-hetero) is 1. The van der Waals surface area contributed by atoms with E-state index in [0.717, 1.165) is 12.8 Å². The molecule has 0 bridgehead atoms. The average molecular weight is 220 g/mol. The summed E-state index contributed by atoms with van der Waals surface area (Å²) < 4.78 is 10.8. The van der Waals surface area contributed by atoms with Crippen molar-refractivity contribution in [1.29, 1.82) is 0 Å². The molecule has 86 valence electrons. The zero-order valence-electron chi connectivity index (χ0n) is 9.44. The van der Waals surface area contributed by atoms with Gasteiger partial charge in [0.1, 0.15) is 11.9 Å². The smallest absolute Gasteiger partial charge is 0.195 e. The number of hydrogen-bond acceptors (Lipinski definition) is 3. The number of ether oxygens (including phenoxy) is 2. The normalized spacial score (nSPS) is 19.7. The fourth-order valence-corrected chi connectivity index (χ4v) is 1.91. The Morgan fingerprint density at radius 1 is 1.50 bits per heavy atom. The maximum Gasteiger partial charge on any atom is 0.195 e. The van der Waals surface area contributed by atoms with E-state index in [0.29, 0.717) is 24.5 Å². The van der Waals surface area contributed by atoms with E-state index in [1.54, 1.807) is 6.07 Å². The minimum atomic E-state index is -0.276. The Hall–Kier alpha value is -1.35. The Labute approximate surface area is 95.4 Å². The quantitative estimate of drug-likeness (QED) is 0.731. The van der Waals surface area contributed by atoms with Crippen molar-refractivity contribution < 1.29 is 14.3 Å². The van der Waals surface area contributed by atoms with Crippen LogP contribution in [0.4, 0.5) is 0 Å². The van der Waals surface area contributed by atoms with Crippen LogP contribution in [-0.2, 0) is 4.74 Å². The molecule has 0 N–H and O–H groups in total. The molecule has 0 amide bonds. The third kappa shape index (κ3) is 2.25. The molecule has 0 aliphatic carbocycles. The Morgan fingerprint density at radius 2 is 2.31 bits per heavy atom. The van der Waals surface area contributed by atoms with Gasteiger partial charge in [-0.05, 0) is 31.9 Å². The van der Waals surface area contributed by atoms with Gasteiger partial charge in [-0.2, -0.15) is 0 Å². The molecule has 1 saturated heterocycles. The zero-order valence-corrected chi connectivity index (χ0v) is 9.44. The summed E-state index contributed by atoms with van der Waals surface area (Å²) in [5.41, 5.74) is 0.635. The van der Waals surface area contributed by atoms with Gasteiger partial charge in [-0.15, -0.1) is 0 Å². The average Bonchev–Trinajstić information content (AvgIpc) is 2.83. The minimum absolute atomic E-state index is 0.0431. The molecular weight excluding hydrogens is 204 g/mol. The summed E-state index contributed by atoms with van der Waals surface area (Å²) in [5.74, 6) is 0.701. The molecule has 0 saturated carbocycles. The van der Waals surface area contributed by atoms with Crippen LogP contribution in [0.15, 0.2) is 24.3 Å². The summed E-state index contributed by atoms with van der Waals surface area (Å²) in [6.45, 7) is 3.16. The van der Waals surface area contributed by atoms with Crippen LogP contribution < -0.4 is 4.74 Å². The maximum atomic E-state index is 12.1. The Kier molecular flexibility index (Phi) is 3.57. The Bertz CT molecular complexity index is 367. The maximum absolute atomic E-state index is 12.1. The van der Waals surface area contributed by atoms with E-state index in [9.17, 15) is 4.79 Å². The highest BCUT2D eigenvalue weighted by atomic mass is 16.5. The van der Waals surface area contributed by atoms with Gasteiger partial charge in [-0.1, -0.05) is 12.1 Å². The summed E-state index contributed by atoms with van der Waals surface area (Å²) in [4.78, 5) is 12.1. The number of para-hydroxylation sites is 1. The summed E-state index contributed by atoms with van der Waals surface area (Å²) in [5, 5.41) is 0. The van der Waals surface area contributed by atoms with Crippen molar-refractivity contribution in [3.63, 3.8) is 0 Å². The van der Waals surface area contributed by atoms with E-state index in [2.05, 4.69) is 0 Å². The van der Waals surface area contributed by atoms with E-state index in [1.165, 1.54) is 0 Å². The molecule has 2 rings (SSSR count). The van der Waals surface area contributed by atoms with Crippen LogP contribution >= 0.6 is 0 Å². The van der Waals surface area contributed by atoms with E-state index in [-0.39, 0.29) is 11.9 Å². The molecule has 3 heteroatoms. The van der Waals surface area contributed by atoms with E-state index >= 15 is 0 Å². The number of carbonyl (C=O) groups excluding carboxylic acids is 1. The van der Waals surface area contributed by atoms with Gasteiger partial charge >= 0.3 is 0 Å². The van der Waals surface area contributed by atoms with Crippen molar-refractivity contribution in [2.75, 3.05) is 13.2 Å². The van der Waals surface area contributed by atoms with Crippen LogP contribution in [0.2, 0.25) is 0 Å². The summed E-state index contributed by atoms with van der Waals surface area (Å²) in [6.07, 6.45) is 1.51. The third-order valence-electron chi connectivity index (χ3n) is 2.67. The lowest BCUT2D eigenvalue weighted by atomic mass is 10.0. The van der Waals surface area contributed by atoms with Crippen molar-refractivity contribution >= 4 is 5.78 Å². The molecule has 1 atom stereocenters. The molecule has 1 aromatic carbocycles. The molecule has 1 aromatic rings. The van der Waals surface area contributed by atoms with Gasteiger partial charge < -0.3 is 9.47 Å². The predicted molar refractivity (Wildman–Crippen MR) is 60.9 cm³/mol. The number of ketones is 1. The lowest BCUT2D eigenvalue weighted by Gasteiger charge is -2.12. The molecule has 3 nitrogen and oxygen atoms in total. The molecule has 0 spiro atoms. The number of carbonyl (C=O) groups is 1. The second-order valence-electron chi connectivity index (χ2n) is 3.80. The van der Waals surface area contributed by atoms with Crippen LogP contribution in [-0.4, -0.2) is 25.1 Å². The number of benzene rings is 1. The summed E-state index contributed by atoms with van der Waals surface area (Å²) >= 11 is 0. The minimum Gasteiger partial charge on any atom is -0.493 e. The first-order chi connectivity index (χ1) is 7.83. The van der Waals surface area contributed by atoms with Crippen LogP contribution in [0.5, 0.6) is 5.75 Å². The Morgan fingerprint density at radius 3 is 3.00 bits per heavy atom. The molecule has 1 fully saturated rings. The molecule has 0 aromatic heterocycles. The fraction of sp³-hybridized carbons (Fsp3) is 0.462. The first-order valence-corrected chi connectivity index (χ1v) is 5.70. The van der Waals surface area contributed by atoms with Gasteiger partial charge in [-0.25, -0.2) is 0 Å². The first-order valence-electron chi connectivity index (χ1n) is 5.70. The van der Waals surface area contributed by atoms with E-state index in [1.807, 2.05) is 25.1 Å². The van der Waals surface area contributed by atoms with E-state index in [4.69, 9.17) is 9.47 Å². The number of hydrogen-bond donors (Lipinski definition) is 0. The fourth-order valence-electron chi connectivity index (χ4n) is 1.91. The number of rotatable bonds is 4. The van der Waals surface area contributed by atoms with Crippen molar-refractivity contribution in [3.05, 3.63) is 29.8 Å². The summed E-state index contributed by atoms with van der Waals surface area (Å²) in [6, 6.07) is 7.35. The second kappa shape index (κ2) is 5.12. The van der Waals surface area contributed by atoms with Gasteiger partial charge in [0.15, 0.2) is 5.78 Å². The largest absolute Gasteiger partial charge is 0.493 e. The first kappa shape index (κ1) is 11.1. The van der Waals surface area contributed by atoms with Crippen molar-refractivity contribution in [1.82, 2.24) is 0 Å². The zero-order chi connectivity index (χ0) is 11.4. The lowest BCUT2D eigenvalue weighted by Crippen LogP contribution is -2.20. The SMILES string of the molecule is CCOc1ccccc1C(=O)C1CCCO1. The molecule has 16 heavy (non-hydrogen) atoms. The molecule has 0 radical (unpaired) electrons. The molecule has 1 unspecified atom stereocenters. The van der Waals surface area contributed by atoms with Crippen LogP contribution in [0, 0.1) is 0 Å².